The molecule has 0 radical (unpaired) electrons. The van der Waals surface area contributed by atoms with Crippen molar-refractivity contribution in [3.8, 4) is 11.1 Å². The van der Waals surface area contributed by atoms with Gasteiger partial charge in [-0.25, -0.2) is 0 Å². The van der Waals surface area contributed by atoms with E-state index < -0.39 is 5.54 Å². The fourth-order valence-corrected chi connectivity index (χ4v) is 2.23. The number of rotatable bonds is 5. The van der Waals surface area contributed by atoms with Gasteiger partial charge in [-0.15, -0.1) is 0 Å². The van der Waals surface area contributed by atoms with Gasteiger partial charge in [0.05, 0.1) is 11.1 Å². The lowest BCUT2D eigenvalue weighted by Crippen LogP contribution is -2.55. The Bertz CT molecular complexity index is 679. The SMILES string of the molecule is Cc1ccc(-c2cncc(C(=O)NC(C)(CN)C(C)C)c2)cc1. The summed E-state index contributed by atoms with van der Waals surface area (Å²) < 4.78 is 0. The van der Waals surface area contributed by atoms with E-state index in [-0.39, 0.29) is 11.8 Å². The molecule has 1 atom stereocenters. The average Bonchev–Trinajstić information content (AvgIpc) is 2.55. The highest BCUT2D eigenvalue weighted by Crippen LogP contribution is 2.21. The van der Waals surface area contributed by atoms with Crippen molar-refractivity contribution in [1.82, 2.24) is 10.3 Å². The standard InChI is InChI=1S/C19H25N3O/c1-13(2)19(4,12-20)22-18(23)17-9-16(10-21-11-17)15-7-5-14(3)6-8-15/h5-11,13H,12,20H2,1-4H3,(H,22,23). The molecule has 0 aliphatic heterocycles. The molecule has 4 heteroatoms. The predicted octanol–water partition coefficient (Wildman–Crippen LogP) is 3.16. The predicted molar refractivity (Wildman–Crippen MR) is 94.2 cm³/mol. The van der Waals surface area contributed by atoms with E-state index >= 15 is 0 Å². The van der Waals surface area contributed by atoms with Gasteiger partial charge in [0.25, 0.3) is 5.91 Å². The van der Waals surface area contributed by atoms with Crippen LogP contribution in [-0.2, 0) is 0 Å². The number of benzene rings is 1. The number of hydrogen-bond donors (Lipinski definition) is 2. The van der Waals surface area contributed by atoms with Gasteiger partial charge in [-0.1, -0.05) is 43.7 Å². The Balaban J connectivity index is 2.25. The molecule has 0 aliphatic rings. The summed E-state index contributed by atoms with van der Waals surface area (Å²) in [6, 6.07) is 10.0. The van der Waals surface area contributed by atoms with Gasteiger partial charge in [0.1, 0.15) is 0 Å². The summed E-state index contributed by atoms with van der Waals surface area (Å²) in [5, 5.41) is 3.04. The number of aryl methyl sites for hydroxylation is 1. The summed E-state index contributed by atoms with van der Waals surface area (Å²) in [5.41, 5.74) is 9.12. The van der Waals surface area contributed by atoms with Crippen LogP contribution >= 0.6 is 0 Å². The molecule has 0 aliphatic carbocycles. The molecule has 0 saturated carbocycles. The highest BCUT2D eigenvalue weighted by atomic mass is 16.1. The third-order valence-electron chi connectivity index (χ3n) is 4.48. The van der Waals surface area contributed by atoms with Gasteiger partial charge in [-0.3, -0.25) is 9.78 Å². The number of aromatic nitrogens is 1. The van der Waals surface area contributed by atoms with Crippen molar-refractivity contribution in [2.45, 2.75) is 33.2 Å². The molecule has 0 bridgehead atoms. The van der Waals surface area contributed by atoms with E-state index in [9.17, 15) is 4.79 Å². The minimum absolute atomic E-state index is 0.145. The molecule has 3 N–H and O–H groups in total. The van der Waals surface area contributed by atoms with Crippen molar-refractivity contribution >= 4 is 5.91 Å². The first-order valence-electron chi connectivity index (χ1n) is 7.90. The number of nitrogens with two attached hydrogens (primary N) is 1. The Hall–Kier alpha value is -2.20. The summed E-state index contributed by atoms with van der Waals surface area (Å²) in [5.74, 6) is 0.0952. The number of pyridine rings is 1. The molecule has 1 aromatic carbocycles. The largest absolute Gasteiger partial charge is 0.345 e. The molecule has 0 saturated heterocycles. The van der Waals surface area contributed by atoms with E-state index in [1.807, 2.05) is 58.0 Å². The van der Waals surface area contributed by atoms with Crippen LogP contribution in [0.15, 0.2) is 42.7 Å². The maximum atomic E-state index is 12.6. The Morgan fingerprint density at radius 2 is 1.87 bits per heavy atom. The van der Waals surface area contributed by atoms with Crippen molar-refractivity contribution in [1.29, 1.82) is 0 Å². The van der Waals surface area contributed by atoms with Gasteiger partial charge >= 0.3 is 0 Å². The first kappa shape index (κ1) is 17.2. The normalized spacial score (nSPS) is 13.7. The Kier molecular flexibility index (Phi) is 5.16. The first-order chi connectivity index (χ1) is 10.9. The van der Waals surface area contributed by atoms with Gasteiger partial charge < -0.3 is 11.1 Å². The number of carbonyl (C=O) groups is 1. The van der Waals surface area contributed by atoms with Crippen molar-refractivity contribution in [2.24, 2.45) is 11.7 Å². The second kappa shape index (κ2) is 6.92. The van der Waals surface area contributed by atoms with E-state index in [0.29, 0.717) is 12.1 Å². The van der Waals surface area contributed by atoms with Crippen LogP contribution in [0, 0.1) is 12.8 Å². The average molecular weight is 311 g/mol. The van der Waals surface area contributed by atoms with Crippen molar-refractivity contribution in [3.63, 3.8) is 0 Å². The lowest BCUT2D eigenvalue weighted by Gasteiger charge is -2.33. The summed E-state index contributed by atoms with van der Waals surface area (Å²) in [4.78, 5) is 16.8. The van der Waals surface area contributed by atoms with Crippen LogP contribution in [0.2, 0.25) is 0 Å². The number of nitrogens with zero attached hydrogens (tertiary/aromatic N) is 1. The molecular formula is C19H25N3O. The van der Waals surface area contributed by atoms with Crippen molar-refractivity contribution in [3.05, 3.63) is 53.9 Å². The van der Waals surface area contributed by atoms with Crippen molar-refractivity contribution in [2.75, 3.05) is 6.54 Å². The summed E-state index contributed by atoms with van der Waals surface area (Å²) in [6.07, 6.45) is 3.36. The summed E-state index contributed by atoms with van der Waals surface area (Å²) in [6.45, 7) is 8.50. The Labute approximate surface area is 138 Å². The Morgan fingerprint density at radius 3 is 2.43 bits per heavy atom. The third kappa shape index (κ3) is 3.96. The first-order valence-corrected chi connectivity index (χ1v) is 7.90. The molecule has 1 unspecified atom stereocenters. The maximum Gasteiger partial charge on any atom is 0.253 e. The molecule has 2 aromatic rings. The van der Waals surface area contributed by atoms with Gasteiger partial charge in [0.15, 0.2) is 0 Å². The minimum Gasteiger partial charge on any atom is -0.345 e. The monoisotopic (exact) mass is 311 g/mol. The smallest absolute Gasteiger partial charge is 0.253 e. The van der Waals surface area contributed by atoms with Crippen LogP contribution < -0.4 is 11.1 Å². The Morgan fingerprint density at radius 1 is 1.22 bits per heavy atom. The fourth-order valence-electron chi connectivity index (χ4n) is 2.23. The summed E-state index contributed by atoms with van der Waals surface area (Å²) in [7, 11) is 0. The second-order valence-electron chi connectivity index (χ2n) is 6.56. The molecular weight excluding hydrogens is 286 g/mol. The van der Waals surface area contributed by atoms with Gasteiger partial charge in [0, 0.05) is 24.5 Å². The molecule has 0 spiro atoms. The zero-order valence-electron chi connectivity index (χ0n) is 14.3. The molecule has 122 valence electrons. The van der Waals surface area contributed by atoms with Crippen LogP contribution in [0.3, 0.4) is 0 Å². The maximum absolute atomic E-state index is 12.6. The molecule has 1 aromatic heterocycles. The summed E-state index contributed by atoms with van der Waals surface area (Å²) >= 11 is 0. The zero-order chi connectivity index (χ0) is 17.0. The highest BCUT2D eigenvalue weighted by Gasteiger charge is 2.29. The molecule has 1 amide bonds. The number of hydrogen-bond acceptors (Lipinski definition) is 3. The van der Waals surface area contributed by atoms with Crippen LogP contribution in [-0.4, -0.2) is 23.0 Å². The number of amides is 1. The second-order valence-corrected chi connectivity index (χ2v) is 6.56. The number of carbonyl (C=O) groups excluding carboxylic acids is 1. The molecule has 4 nitrogen and oxygen atoms in total. The van der Waals surface area contributed by atoms with Crippen LogP contribution in [0.1, 0.15) is 36.7 Å². The quantitative estimate of drug-likeness (QED) is 0.891. The fraction of sp³-hybridized carbons (Fsp3) is 0.368. The molecule has 23 heavy (non-hydrogen) atoms. The van der Waals surface area contributed by atoms with E-state index in [0.717, 1.165) is 11.1 Å². The lowest BCUT2D eigenvalue weighted by molar-refractivity contribution is 0.0883. The zero-order valence-corrected chi connectivity index (χ0v) is 14.3. The lowest BCUT2D eigenvalue weighted by atomic mass is 9.88. The van der Waals surface area contributed by atoms with E-state index in [1.165, 1.54) is 5.56 Å². The van der Waals surface area contributed by atoms with Crippen LogP contribution in [0.25, 0.3) is 11.1 Å². The molecule has 0 fully saturated rings. The van der Waals surface area contributed by atoms with Crippen LogP contribution in [0.5, 0.6) is 0 Å². The van der Waals surface area contributed by atoms with Gasteiger partial charge in [0.2, 0.25) is 0 Å². The third-order valence-corrected chi connectivity index (χ3v) is 4.48. The van der Waals surface area contributed by atoms with E-state index in [1.54, 1.807) is 12.4 Å². The highest BCUT2D eigenvalue weighted by molar-refractivity contribution is 5.95. The van der Waals surface area contributed by atoms with E-state index in [4.69, 9.17) is 5.73 Å². The minimum atomic E-state index is -0.434. The topological polar surface area (TPSA) is 68.0 Å². The van der Waals surface area contributed by atoms with E-state index in [2.05, 4.69) is 10.3 Å². The van der Waals surface area contributed by atoms with Crippen LogP contribution in [0.4, 0.5) is 0 Å². The van der Waals surface area contributed by atoms with Crippen molar-refractivity contribution < 1.29 is 4.79 Å². The van der Waals surface area contributed by atoms with Gasteiger partial charge in [-0.2, -0.15) is 0 Å². The number of nitrogens with one attached hydrogen (secondary N) is 1. The molecule has 1 heterocycles. The van der Waals surface area contributed by atoms with Gasteiger partial charge in [-0.05, 0) is 31.4 Å². The molecule has 2 rings (SSSR count).